The molecular formula is C14H17F3N2O2. The van der Waals surface area contributed by atoms with Crippen molar-refractivity contribution in [3.63, 3.8) is 0 Å². The highest BCUT2D eigenvalue weighted by atomic mass is 19.4. The van der Waals surface area contributed by atoms with Crippen LogP contribution in [-0.2, 0) is 11.2 Å². The van der Waals surface area contributed by atoms with Gasteiger partial charge in [0.05, 0.1) is 5.92 Å². The van der Waals surface area contributed by atoms with Gasteiger partial charge in [0, 0.05) is 13.1 Å². The van der Waals surface area contributed by atoms with Crippen LogP contribution in [0.5, 0.6) is 5.75 Å². The van der Waals surface area contributed by atoms with E-state index in [1.54, 1.807) is 6.07 Å². The molecule has 1 heterocycles. The molecule has 0 bridgehead atoms. The van der Waals surface area contributed by atoms with Crippen LogP contribution < -0.4 is 10.5 Å². The van der Waals surface area contributed by atoms with E-state index in [1.807, 2.05) is 18.2 Å². The third kappa shape index (κ3) is 4.10. The summed E-state index contributed by atoms with van der Waals surface area (Å²) in [6.45, 7) is -1.31. The molecule has 0 fully saturated rings. The summed E-state index contributed by atoms with van der Waals surface area (Å²) >= 11 is 0. The molecule has 1 aliphatic heterocycles. The molecule has 0 saturated heterocycles. The van der Waals surface area contributed by atoms with Crippen molar-refractivity contribution in [2.45, 2.75) is 12.6 Å². The molecule has 4 nitrogen and oxygen atoms in total. The molecule has 116 valence electrons. The molecule has 7 heteroatoms. The van der Waals surface area contributed by atoms with Crippen molar-refractivity contribution >= 4 is 5.91 Å². The van der Waals surface area contributed by atoms with Crippen molar-refractivity contribution in [2.75, 3.05) is 26.2 Å². The van der Waals surface area contributed by atoms with Crippen molar-refractivity contribution in [1.29, 1.82) is 0 Å². The van der Waals surface area contributed by atoms with Crippen molar-refractivity contribution < 1.29 is 22.7 Å². The Morgan fingerprint density at radius 1 is 1.38 bits per heavy atom. The van der Waals surface area contributed by atoms with Gasteiger partial charge in [0.2, 0.25) is 5.91 Å². The average Bonchev–Trinajstić information content (AvgIpc) is 2.44. The monoisotopic (exact) mass is 302 g/mol. The number of alkyl halides is 3. The van der Waals surface area contributed by atoms with E-state index in [0.717, 1.165) is 10.5 Å². The van der Waals surface area contributed by atoms with E-state index in [4.69, 9.17) is 10.5 Å². The van der Waals surface area contributed by atoms with Gasteiger partial charge in [-0.2, -0.15) is 13.2 Å². The Labute approximate surface area is 120 Å². The maximum atomic E-state index is 12.5. The second-order valence-corrected chi connectivity index (χ2v) is 4.98. The number of hydrogen-bond donors (Lipinski definition) is 1. The number of para-hydroxylation sites is 1. The zero-order chi connectivity index (χ0) is 15.5. The van der Waals surface area contributed by atoms with Crippen LogP contribution in [0.3, 0.4) is 0 Å². The number of amides is 1. The first-order chi connectivity index (χ1) is 9.90. The van der Waals surface area contributed by atoms with Gasteiger partial charge in [-0.25, -0.2) is 0 Å². The molecule has 1 amide bonds. The summed E-state index contributed by atoms with van der Waals surface area (Å²) in [6, 6.07) is 7.21. The lowest BCUT2D eigenvalue weighted by Gasteiger charge is -2.30. The molecule has 0 saturated carbocycles. The fourth-order valence-corrected chi connectivity index (χ4v) is 2.38. The number of nitrogens with two attached hydrogens (primary N) is 1. The van der Waals surface area contributed by atoms with Crippen molar-refractivity contribution in [1.82, 2.24) is 4.90 Å². The summed E-state index contributed by atoms with van der Waals surface area (Å²) in [5.41, 5.74) is 6.13. The van der Waals surface area contributed by atoms with Crippen LogP contribution in [0.25, 0.3) is 0 Å². The second kappa shape index (κ2) is 6.34. The molecule has 2 N–H and O–H groups in total. The molecule has 1 aromatic rings. The Morgan fingerprint density at radius 3 is 2.76 bits per heavy atom. The van der Waals surface area contributed by atoms with E-state index in [9.17, 15) is 18.0 Å². The van der Waals surface area contributed by atoms with Crippen LogP contribution in [0.2, 0.25) is 0 Å². The third-order valence-electron chi connectivity index (χ3n) is 3.31. The van der Waals surface area contributed by atoms with E-state index >= 15 is 0 Å². The van der Waals surface area contributed by atoms with Crippen LogP contribution in [0.15, 0.2) is 24.3 Å². The Balaban J connectivity index is 2.08. The second-order valence-electron chi connectivity index (χ2n) is 4.98. The highest BCUT2D eigenvalue weighted by Crippen LogP contribution is 2.28. The summed E-state index contributed by atoms with van der Waals surface area (Å²) in [7, 11) is 0. The molecule has 2 rings (SSSR count). The third-order valence-corrected chi connectivity index (χ3v) is 3.31. The van der Waals surface area contributed by atoms with Gasteiger partial charge in [-0.3, -0.25) is 4.79 Å². The highest BCUT2D eigenvalue weighted by molar-refractivity contribution is 5.80. The number of nitrogens with zero attached hydrogens (tertiary/aromatic N) is 1. The summed E-state index contributed by atoms with van der Waals surface area (Å²) < 4.78 is 43.0. The maximum absolute atomic E-state index is 12.5. The molecule has 21 heavy (non-hydrogen) atoms. The van der Waals surface area contributed by atoms with Gasteiger partial charge in [-0.15, -0.1) is 0 Å². The van der Waals surface area contributed by atoms with Gasteiger partial charge < -0.3 is 15.4 Å². The first kappa shape index (κ1) is 15.6. The van der Waals surface area contributed by atoms with E-state index in [2.05, 4.69) is 0 Å². The molecule has 1 atom stereocenters. The lowest BCUT2D eigenvalue weighted by molar-refractivity contribution is -0.164. The first-order valence-corrected chi connectivity index (χ1v) is 6.67. The Kier molecular flexibility index (Phi) is 4.72. The van der Waals surface area contributed by atoms with Gasteiger partial charge >= 0.3 is 6.18 Å². The average molecular weight is 302 g/mol. The molecule has 1 unspecified atom stereocenters. The number of ether oxygens (including phenoxy) is 1. The number of halogens is 3. The van der Waals surface area contributed by atoms with Gasteiger partial charge in [-0.1, -0.05) is 18.2 Å². The SMILES string of the molecule is NCCN(CC(F)(F)F)C(=O)C1COc2ccccc2C1. The Hall–Kier alpha value is -1.76. The van der Waals surface area contributed by atoms with Crippen LogP contribution in [0.4, 0.5) is 13.2 Å². The number of fused-ring (bicyclic) bond motifs is 1. The van der Waals surface area contributed by atoms with Crippen LogP contribution >= 0.6 is 0 Å². The molecular weight excluding hydrogens is 285 g/mol. The van der Waals surface area contributed by atoms with Crippen LogP contribution in [0.1, 0.15) is 5.56 Å². The fourth-order valence-electron chi connectivity index (χ4n) is 2.38. The predicted octanol–water partition coefficient (Wildman–Crippen LogP) is 1.59. The quantitative estimate of drug-likeness (QED) is 0.919. The minimum absolute atomic E-state index is 0.00795. The lowest BCUT2D eigenvalue weighted by Crippen LogP contribution is -2.46. The topological polar surface area (TPSA) is 55.6 Å². The zero-order valence-corrected chi connectivity index (χ0v) is 11.4. The summed E-state index contributed by atoms with van der Waals surface area (Å²) in [4.78, 5) is 13.0. The predicted molar refractivity (Wildman–Crippen MR) is 70.8 cm³/mol. The van der Waals surface area contributed by atoms with Crippen molar-refractivity contribution in [3.8, 4) is 5.75 Å². The molecule has 0 radical (unpaired) electrons. The van der Waals surface area contributed by atoms with E-state index in [1.165, 1.54) is 0 Å². The molecule has 1 aromatic carbocycles. The number of benzene rings is 1. The molecule has 1 aliphatic rings. The maximum Gasteiger partial charge on any atom is 0.406 e. The normalized spacial score (nSPS) is 17.8. The fraction of sp³-hybridized carbons (Fsp3) is 0.500. The van der Waals surface area contributed by atoms with Gasteiger partial charge in [0.1, 0.15) is 18.9 Å². The Morgan fingerprint density at radius 2 is 2.10 bits per heavy atom. The lowest BCUT2D eigenvalue weighted by atomic mass is 9.95. The standard InChI is InChI=1S/C14H17F3N2O2/c15-14(16,17)9-19(6-5-18)13(20)11-7-10-3-1-2-4-12(10)21-8-11/h1-4,11H,5-9,18H2. The summed E-state index contributed by atoms with van der Waals surface area (Å²) in [5.74, 6) is -0.483. The molecule has 0 aliphatic carbocycles. The van der Waals surface area contributed by atoms with E-state index in [-0.39, 0.29) is 19.7 Å². The van der Waals surface area contributed by atoms with Gasteiger partial charge in [-0.05, 0) is 18.1 Å². The summed E-state index contributed by atoms with van der Waals surface area (Å²) in [5, 5.41) is 0. The number of carbonyl (C=O) groups excluding carboxylic acids is 1. The minimum Gasteiger partial charge on any atom is -0.492 e. The smallest absolute Gasteiger partial charge is 0.406 e. The van der Waals surface area contributed by atoms with Crippen molar-refractivity contribution in [2.24, 2.45) is 11.7 Å². The van der Waals surface area contributed by atoms with Crippen LogP contribution in [-0.4, -0.2) is 43.2 Å². The van der Waals surface area contributed by atoms with Crippen molar-refractivity contribution in [3.05, 3.63) is 29.8 Å². The Bertz CT molecular complexity index is 505. The number of carbonyl (C=O) groups is 1. The molecule has 0 aromatic heterocycles. The minimum atomic E-state index is -4.43. The van der Waals surface area contributed by atoms with E-state index in [0.29, 0.717) is 12.2 Å². The molecule has 0 spiro atoms. The van der Waals surface area contributed by atoms with Gasteiger partial charge in [0.15, 0.2) is 0 Å². The number of hydrogen-bond acceptors (Lipinski definition) is 3. The highest BCUT2D eigenvalue weighted by Gasteiger charge is 2.36. The first-order valence-electron chi connectivity index (χ1n) is 6.67. The number of rotatable bonds is 4. The zero-order valence-electron chi connectivity index (χ0n) is 11.4. The van der Waals surface area contributed by atoms with Gasteiger partial charge in [0.25, 0.3) is 0 Å². The van der Waals surface area contributed by atoms with Crippen LogP contribution in [0, 0.1) is 5.92 Å². The largest absolute Gasteiger partial charge is 0.492 e. The summed E-state index contributed by atoms with van der Waals surface area (Å²) in [6.07, 6.45) is -4.05. The van der Waals surface area contributed by atoms with E-state index < -0.39 is 24.5 Å².